The van der Waals surface area contributed by atoms with Crippen molar-refractivity contribution < 1.29 is 9.59 Å². The Bertz CT molecular complexity index is 1040. The third kappa shape index (κ3) is 7.65. The molecule has 0 bridgehead atoms. The Kier molecular flexibility index (Phi) is 9.40. The third-order valence-electron chi connectivity index (χ3n) is 5.40. The Morgan fingerprint density at radius 1 is 0.909 bits per heavy atom. The lowest BCUT2D eigenvalue weighted by Crippen LogP contribution is -2.50. The van der Waals surface area contributed by atoms with Crippen LogP contribution >= 0.6 is 23.4 Å². The Labute approximate surface area is 205 Å². The van der Waals surface area contributed by atoms with Crippen LogP contribution in [0.4, 0.5) is 0 Å². The molecule has 0 aliphatic rings. The van der Waals surface area contributed by atoms with E-state index in [0.29, 0.717) is 23.7 Å². The summed E-state index contributed by atoms with van der Waals surface area (Å²) in [5.41, 5.74) is 4.27. The van der Waals surface area contributed by atoms with Crippen molar-refractivity contribution in [2.75, 3.05) is 12.8 Å². The van der Waals surface area contributed by atoms with Gasteiger partial charge in [-0.3, -0.25) is 9.59 Å². The molecule has 0 radical (unpaired) electrons. The van der Waals surface area contributed by atoms with Crippen LogP contribution in [0.2, 0.25) is 5.02 Å². The van der Waals surface area contributed by atoms with Gasteiger partial charge in [-0.2, -0.15) is 0 Å². The summed E-state index contributed by atoms with van der Waals surface area (Å²) in [5, 5.41) is 3.44. The summed E-state index contributed by atoms with van der Waals surface area (Å²) in [6.45, 7) is 2.41. The fourth-order valence-corrected chi connectivity index (χ4v) is 4.53. The number of halogens is 1. The summed E-state index contributed by atoms with van der Waals surface area (Å²) in [4.78, 5) is 28.0. The molecule has 0 heterocycles. The molecule has 0 spiro atoms. The van der Waals surface area contributed by atoms with Crippen molar-refractivity contribution >= 4 is 35.2 Å². The van der Waals surface area contributed by atoms with Crippen LogP contribution in [0.5, 0.6) is 0 Å². The van der Waals surface area contributed by atoms with Gasteiger partial charge in [0.05, 0.1) is 5.75 Å². The van der Waals surface area contributed by atoms with Gasteiger partial charge in [0.15, 0.2) is 0 Å². The minimum absolute atomic E-state index is 0.0564. The summed E-state index contributed by atoms with van der Waals surface area (Å²) in [6.07, 6.45) is 0.458. The Hall–Kier alpha value is -2.76. The number of hydrogen-bond acceptors (Lipinski definition) is 3. The van der Waals surface area contributed by atoms with Crippen LogP contribution in [0.15, 0.2) is 78.9 Å². The predicted octanol–water partition coefficient (Wildman–Crippen LogP) is 5.27. The molecule has 0 aliphatic heterocycles. The lowest BCUT2D eigenvalue weighted by atomic mass is 10.0. The van der Waals surface area contributed by atoms with Crippen LogP contribution in [0.3, 0.4) is 0 Å². The van der Waals surface area contributed by atoms with Crippen molar-refractivity contribution in [2.24, 2.45) is 0 Å². The van der Waals surface area contributed by atoms with Crippen LogP contribution < -0.4 is 5.32 Å². The number of thioether (sulfide) groups is 1. The first-order valence-corrected chi connectivity index (χ1v) is 12.4. The molecule has 1 atom stereocenters. The second-order valence-electron chi connectivity index (χ2n) is 7.95. The molecule has 4 nitrogen and oxygen atoms in total. The van der Waals surface area contributed by atoms with E-state index >= 15 is 0 Å². The molecule has 3 aromatic rings. The maximum atomic E-state index is 13.4. The maximum absolute atomic E-state index is 13.4. The van der Waals surface area contributed by atoms with Gasteiger partial charge in [0.25, 0.3) is 0 Å². The van der Waals surface area contributed by atoms with Crippen molar-refractivity contribution in [3.05, 3.63) is 106 Å². The van der Waals surface area contributed by atoms with Crippen LogP contribution in [0.1, 0.15) is 22.3 Å². The molecule has 0 aromatic heterocycles. The second-order valence-corrected chi connectivity index (χ2v) is 9.37. The lowest BCUT2D eigenvalue weighted by molar-refractivity contribution is -0.139. The second kappa shape index (κ2) is 12.5. The molecular formula is C27H29ClN2O2S. The highest BCUT2D eigenvalue weighted by molar-refractivity contribution is 7.99. The van der Waals surface area contributed by atoms with Crippen molar-refractivity contribution in [1.29, 1.82) is 0 Å². The number of likely N-dealkylation sites (N-methyl/N-ethyl adjacent to an activating group) is 1. The van der Waals surface area contributed by atoms with Crippen LogP contribution in [-0.4, -0.2) is 35.6 Å². The van der Waals surface area contributed by atoms with Gasteiger partial charge < -0.3 is 10.2 Å². The Morgan fingerprint density at radius 3 is 2.18 bits per heavy atom. The average Bonchev–Trinajstić information content (AvgIpc) is 2.83. The SMILES string of the molecule is CNC(=O)C(Cc1ccccc1)N(Cc1ccc(C)cc1)C(=O)CSCc1ccc(Cl)cc1. The van der Waals surface area contributed by atoms with E-state index < -0.39 is 6.04 Å². The van der Waals surface area contributed by atoms with Crippen molar-refractivity contribution in [2.45, 2.75) is 31.7 Å². The summed E-state index contributed by atoms with van der Waals surface area (Å²) in [7, 11) is 1.62. The third-order valence-corrected chi connectivity index (χ3v) is 6.64. The van der Waals surface area contributed by atoms with E-state index in [1.165, 1.54) is 11.8 Å². The first kappa shape index (κ1) is 24.9. The number of benzene rings is 3. The molecule has 2 amide bonds. The zero-order chi connectivity index (χ0) is 23.6. The molecule has 172 valence electrons. The van der Waals surface area contributed by atoms with Gasteiger partial charge >= 0.3 is 0 Å². The van der Waals surface area contributed by atoms with Gasteiger partial charge in [-0.05, 0) is 35.7 Å². The van der Waals surface area contributed by atoms with E-state index in [0.717, 1.165) is 22.3 Å². The number of carbonyl (C=O) groups excluding carboxylic acids is 2. The van der Waals surface area contributed by atoms with Gasteiger partial charge in [-0.1, -0.05) is 83.9 Å². The minimum Gasteiger partial charge on any atom is -0.357 e. The number of hydrogen-bond donors (Lipinski definition) is 1. The molecule has 6 heteroatoms. The maximum Gasteiger partial charge on any atom is 0.242 e. The zero-order valence-electron chi connectivity index (χ0n) is 19.0. The lowest BCUT2D eigenvalue weighted by Gasteiger charge is -2.31. The topological polar surface area (TPSA) is 49.4 Å². The molecule has 1 N–H and O–H groups in total. The summed E-state index contributed by atoms with van der Waals surface area (Å²) in [6, 6.07) is 24.9. The molecule has 0 fully saturated rings. The van der Waals surface area contributed by atoms with Gasteiger partial charge in [-0.15, -0.1) is 11.8 Å². The molecule has 3 rings (SSSR count). The monoisotopic (exact) mass is 480 g/mol. The normalized spacial score (nSPS) is 11.6. The van der Waals surface area contributed by atoms with Gasteiger partial charge in [0, 0.05) is 30.8 Å². The first-order chi connectivity index (χ1) is 16.0. The summed E-state index contributed by atoms with van der Waals surface area (Å²) in [5.74, 6) is 0.766. The van der Waals surface area contributed by atoms with E-state index in [1.54, 1.807) is 11.9 Å². The largest absolute Gasteiger partial charge is 0.357 e. The fraction of sp³-hybridized carbons (Fsp3) is 0.259. The predicted molar refractivity (Wildman–Crippen MR) is 137 cm³/mol. The van der Waals surface area contributed by atoms with Crippen LogP contribution in [-0.2, 0) is 28.3 Å². The number of nitrogens with zero attached hydrogens (tertiary/aromatic N) is 1. The van der Waals surface area contributed by atoms with Gasteiger partial charge in [0.2, 0.25) is 11.8 Å². The fourth-order valence-electron chi connectivity index (χ4n) is 3.53. The van der Waals surface area contributed by atoms with Crippen molar-refractivity contribution in [1.82, 2.24) is 10.2 Å². The molecule has 33 heavy (non-hydrogen) atoms. The highest BCUT2D eigenvalue weighted by Crippen LogP contribution is 2.19. The molecule has 1 unspecified atom stereocenters. The minimum atomic E-state index is -0.595. The molecule has 0 saturated heterocycles. The van der Waals surface area contributed by atoms with Crippen molar-refractivity contribution in [3.63, 3.8) is 0 Å². The highest BCUT2D eigenvalue weighted by Gasteiger charge is 2.29. The van der Waals surface area contributed by atoms with E-state index in [9.17, 15) is 9.59 Å². The van der Waals surface area contributed by atoms with E-state index in [2.05, 4.69) is 5.32 Å². The van der Waals surface area contributed by atoms with Crippen molar-refractivity contribution in [3.8, 4) is 0 Å². The smallest absolute Gasteiger partial charge is 0.242 e. The van der Waals surface area contributed by atoms with Crippen LogP contribution in [0, 0.1) is 6.92 Å². The first-order valence-electron chi connectivity index (χ1n) is 10.9. The Balaban J connectivity index is 1.79. The number of aryl methyl sites for hydroxylation is 1. The average molecular weight is 481 g/mol. The van der Waals surface area contributed by atoms with Crippen LogP contribution in [0.25, 0.3) is 0 Å². The van der Waals surface area contributed by atoms with E-state index in [4.69, 9.17) is 11.6 Å². The number of carbonyl (C=O) groups is 2. The number of amides is 2. The number of rotatable bonds is 10. The quantitative estimate of drug-likeness (QED) is 0.430. The highest BCUT2D eigenvalue weighted by atomic mass is 35.5. The zero-order valence-corrected chi connectivity index (χ0v) is 20.5. The summed E-state index contributed by atoms with van der Waals surface area (Å²) >= 11 is 7.50. The van der Waals surface area contributed by atoms with Gasteiger partial charge in [-0.25, -0.2) is 0 Å². The van der Waals surface area contributed by atoms with E-state index in [1.807, 2.05) is 85.8 Å². The number of nitrogens with one attached hydrogen (secondary N) is 1. The summed E-state index contributed by atoms with van der Waals surface area (Å²) < 4.78 is 0. The molecule has 0 saturated carbocycles. The van der Waals surface area contributed by atoms with E-state index in [-0.39, 0.29) is 17.6 Å². The standard InChI is InChI=1S/C27H29ClN2O2S/c1-20-8-10-22(11-9-20)17-30(25(27(32)29-2)16-21-6-4-3-5-7-21)26(31)19-33-18-23-12-14-24(28)15-13-23/h3-15,25H,16-19H2,1-2H3,(H,29,32). The molecular weight excluding hydrogens is 452 g/mol. The Morgan fingerprint density at radius 2 is 1.55 bits per heavy atom. The van der Waals surface area contributed by atoms with Gasteiger partial charge in [0.1, 0.15) is 6.04 Å². The molecule has 0 aliphatic carbocycles. The molecule has 3 aromatic carbocycles.